The van der Waals surface area contributed by atoms with Crippen LogP contribution in [-0.4, -0.2) is 26.3 Å². The predicted octanol–water partition coefficient (Wildman–Crippen LogP) is 2.70. The van der Waals surface area contributed by atoms with Crippen molar-refractivity contribution in [1.29, 1.82) is 0 Å². The maximum Gasteiger partial charge on any atom is 0.355 e. The molecule has 0 saturated carbocycles. The van der Waals surface area contributed by atoms with E-state index in [1.165, 1.54) is 9.08 Å². The van der Waals surface area contributed by atoms with Crippen molar-refractivity contribution in [2.24, 2.45) is 0 Å². The molecule has 0 radical (unpaired) electrons. The molecule has 0 fully saturated rings. The monoisotopic (exact) mass is 326 g/mol. The summed E-state index contributed by atoms with van der Waals surface area (Å²) in [6.07, 6.45) is 0. The van der Waals surface area contributed by atoms with Crippen LogP contribution in [-0.2, 0) is 0 Å². The van der Waals surface area contributed by atoms with Gasteiger partial charge in [0.2, 0.25) is 0 Å². The Kier molecular flexibility index (Phi) is 3.06. The molecule has 0 amide bonds. The number of halogens is 1. The van der Waals surface area contributed by atoms with Gasteiger partial charge in [-0.15, -0.1) is 5.10 Å². The Bertz CT molecular complexity index is 1080. The molecule has 23 heavy (non-hydrogen) atoms. The molecule has 2 heterocycles. The van der Waals surface area contributed by atoms with Crippen LogP contribution in [0.2, 0.25) is 5.15 Å². The zero-order valence-corrected chi connectivity index (χ0v) is 12.9. The number of para-hydroxylation sites is 2. The normalized spacial score (nSPS) is 11.2. The van der Waals surface area contributed by atoms with Gasteiger partial charge in [-0.25, -0.2) is 14.2 Å². The van der Waals surface area contributed by atoms with Gasteiger partial charge >= 0.3 is 5.69 Å². The van der Waals surface area contributed by atoms with E-state index in [2.05, 4.69) is 10.1 Å². The number of hydrogen-bond donors (Lipinski definition) is 0. The van der Waals surface area contributed by atoms with Gasteiger partial charge in [0.25, 0.3) is 0 Å². The van der Waals surface area contributed by atoms with Crippen LogP contribution in [0.15, 0.2) is 53.3 Å². The lowest BCUT2D eigenvalue weighted by Gasteiger charge is -2.01. The SMILES string of the molecule is COc1ccc(-n2nc3c(Cl)nc4ccccc4n3c2=O)cc1. The minimum atomic E-state index is -0.300. The molecule has 0 aliphatic carbocycles. The molecule has 0 aliphatic rings. The van der Waals surface area contributed by atoms with Crippen LogP contribution in [0.3, 0.4) is 0 Å². The van der Waals surface area contributed by atoms with E-state index in [0.29, 0.717) is 28.1 Å². The fourth-order valence-electron chi connectivity index (χ4n) is 2.51. The second kappa shape index (κ2) is 5.10. The Hall–Kier alpha value is -2.86. The van der Waals surface area contributed by atoms with Gasteiger partial charge in [-0.1, -0.05) is 23.7 Å². The summed E-state index contributed by atoms with van der Waals surface area (Å²) in [5.41, 5.74) is 1.95. The van der Waals surface area contributed by atoms with Crippen molar-refractivity contribution in [3.05, 3.63) is 64.2 Å². The zero-order valence-electron chi connectivity index (χ0n) is 12.1. The van der Waals surface area contributed by atoms with Crippen LogP contribution < -0.4 is 10.4 Å². The molecule has 114 valence electrons. The van der Waals surface area contributed by atoms with E-state index < -0.39 is 0 Å². The molecule has 0 N–H and O–H groups in total. The van der Waals surface area contributed by atoms with Crippen LogP contribution in [0, 0.1) is 0 Å². The van der Waals surface area contributed by atoms with Crippen LogP contribution >= 0.6 is 11.6 Å². The molecule has 4 rings (SSSR count). The van der Waals surface area contributed by atoms with E-state index in [1.807, 2.05) is 18.2 Å². The van der Waals surface area contributed by atoms with Crippen LogP contribution in [0.4, 0.5) is 0 Å². The Morgan fingerprint density at radius 3 is 2.57 bits per heavy atom. The van der Waals surface area contributed by atoms with E-state index in [4.69, 9.17) is 16.3 Å². The fourth-order valence-corrected chi connectivity index (χ4v) is 2.73. The number of ether oxygens (including phenoxy) is 1. The molecular formula is C16H11ClN4O2. The van der Waals surface area contributed by atoms with Gasteiger partial charge in [0, 0.05) is 0 Å². The summed E-state index contributed by atoms with van der Waals surface area (Å²) in [6, 6.07) is 14.4. The molecule has 2 aromatic heterocycles. The number of nitrogens with zero attached hydrogens (tertiary/aromatic N) is 4. The highest BCUT2D eigenvalue weighted by atomic mass is 35.5. The summed E-state index contributed by atoms with van der Waals surface area (Å²) in [5, 5.41) is 4.51. The van der Waals surface area contributed by atoms with Gasteiger partial charge in [0.15, 0.2) is 10.8 Å². The lowest BCUT2D eigenvalue weighted by Crippen LogP contribution is -2.20. The lowest BCUT2D eigenvalue weighted by molar-refractivity contribution is 0.414. The Morgan fingerprint density at radius 1 is 1.09 bits per heavy atom. The molecule has 0 saturated heterocycles. The number of rotatable bonds is 2. The maximum absolute atomic E-state index is 12.8. The van der Waals surface area contributed by atoms with E-state index in [-0.39, 0.29) is 10.8 Å². The van der Waals surface area contributed by atoms with Gasteiger partial charge in [-0.2, -0.15) is 4.68 Å². The van der Waals surface area contributed by atoms with E-state index >= 15 is 0 Å². The van der Waals surface area contributed by atoms with E-state index in [1.54, 1.807) is 37.4 Å². The first-order valence-corrected chi connectivity index (χ1v) is 7.27. The van der Waals surface area contributed by atoms with Crippen molar-refractivity contribution in [2.75, 3.05) is 7.11 Å². The maximum atomic E-state index is 12.8. The Labute approximate surface area is 135 Å². The van der Waals surface area contributed by atoms with E-state index in [0.717, 1.165) is 0 Å². The van der Waals surface area contributed by atoms with Crippen molar-refractivity contribution in [2.45, 2.75) is 0 Å². The number of methoxy groups -OCH3 is 1. The minimum Gasteiger partial charge on any atom is -0.497 e. The molecule has 0 unspecified atom stereocenters. The van der Waals surface area contributed by atoms with Crippen molar-refractivity contribution in [3.8, 4) is 11.4 Å². The number of benzene rings is 2. The van der Waals surface area contributed by atoms with Crippen LogP contribution in [0.1, 0.15) is 0 Å². The largest absolute Gasteiger partial charge is 0.497 e. The third-order valence-electron chi connectivity index (χ3n) is 3.62. The van der Waals surface area contributed by atoms with Gasteiger partial charge in [0.1, 0.15) is 5.75 Å². The molecule has 4 aromatic rings. The first-order chi connectivity index (χ1) is 11.2. The smallest absolute Gasteiger partial charge is 0.355 e. The molecule has 2 aromatic carbocycles. The first kappa shape index (κ1) is 13.8. The Morgan fingerprint density at radius 2 is 1.83 bits per heavy atom. The van der Waals surface area contributed by atoms with E-state index in [9.17, 15) is 4.79 Å². The van der Waals surface area contributed by atoms with Crippen molar-refractivity contribution < 1.29 is 4.74 Å². The summed E-state index contributed by atoms with van der Waals surface area (Å²) < 4.78 is 7.89. The Balaban J connectivity index is 2.05. The number of hydrogen-bond acceptors (Lipinski definition) is 4. The number of aromatic nitrogens is 4. The van der Waals surface area contributed by atoms with Crippen molar-refractivity contribution >= 4 is 28.3 Å². The standard InChI is InChI=1S/C16H11ClN4O2/c1-23-11-8-6-10(7-9-11)21-16(22)20-13-5-3-2-4-12(13)18-14(17)15(20)19-21/h2-9H,1H3. The van der Waals surface area contributed by atoms with Gasteiger partial charge in [-0.3, -0.25) is 0 Å². The average Bonchev–Trinajstić information content (AvgIpc) is 2.94. The third kappa shape index (κ3) is 2.07. The topological polar surface area (TPSA) is 61.4 Å². The molecule has 0 atom stereocenters. The molecule has 0 spiro atoms. The second-order valence-corrected chi connectivity index (χ2v) is 5.30. The highest BCUT2D eigenvalue weighted by molar-refractivity contribution is 6.32. The first-order valence-electron chi connectivity index (χ1n) is 6.89. The fraction of sp³-hybridized carbons (Fsp3) is 0.0625. The van der Waals surface area contributed by atoms with Gasteiger partial charge in [0.05, 0.1) is 23.8 Å². The number of fused-ring (bicyclic) bond motifs is 3. The van der Waals surface area contributed by atoms with Gasteiger partial charge < -0.3 is 4.74 Å². The van der Waals surface area contributed by atoms with Gasteiger partial charge in [-0.05, 0) is 36.4 Å². The summed E-state index contributed by atoms with van der Waals surface area (Å²) in [6.45, 7) is 0. The van der Waals surface area contributed by atoms with Crippen molar-refractivity contribution in [3.63, 3.8) is 0 Å². The molecule has 7 heteroatoms. The third-order valence-corrected chi connectivity index (χ3v) is 3.88. The predicted molar refractivity (Wildman–Crippen MR) is 87.7 cm³/mol. The summed E-state index contributed by atoms with van der Waals surface area (Å²) in [7, 11) is 1.59. The highest BCUT2D eigenvalue weighted by Gasteiger charge is 2.15. The quantitative estimate of drug-likeness (QED) is 0.568. The zero-order chi connectivity index (χ0) is 16.0. The molecule has 0 aliphatic heterocycles. The summed E-state index contributed by atoms with van der Waals surface area (Å²) >= 11 is 6.19. The lowest BCUT2D eigenvalue weighted by atomic mass is 10.3. The summed E-state index contributed by atoms with van der Waals surface area (Å²) in [5.74, 6) is 0.704. The molecular weight excluding hydrogens is 316 g/mol. The molecule has 6 nitrogen and oxygen atoms in total. The second-order valence-electron chi connectivity index (χ2n) is 4.94. The van der Waals surface area contributed by atoms with Crippen molar-refractivity contribution in [1.82, 2.24) is 19.2 Å². The highest BCUT2D eigenvalue weighted by Crippen LogP contribution is 2.20. The van der Waals surface area contributed by atoms with Crippen LogP contribution in [0.5, 0.6) is 5.75 Å². The van der Waals surface area contributed by atoms with Crippen LogP contribution in [0.25, 0.3) is 22.4 Å². The minimum absolute atomic E-state index is 0.188. The molecule has 0 bridgehead atoms. The summed E-state index contributed by atoms with van der Waals surface area (Å²) in [4.78, 5) is 17.1. The average molecular weight is 327 g/mol.